The first-order valence-corrected chi connectivity index (χ1v) is 7.83. The van der Waals surface area contributed by atoms with Gasteiger partial charge in [-0.3, -0.25) is 4.99 Å². The molecule has 1 heterocycles. The molecule has 0 bridgehead atoms. The predicted molar refractivity (Wildman–Crippen MR) is 77.2 cm³/mol. The zero-order valence-electron chi connectivity index (χ0n) is 9.83. The molecule has 2 N–H and O–H groups in total. The van der Waals surface area contributed by atoms with Gasteiger partial charge in [-0.1, -0.05) is 34.1 Å². The number of amidine groups is 1. The summed E-state index contributed by atoms with van der Waals surface area (Å²) in [5.74, 6) is 1.25. The van der Waals surface area contributed by atoms with Crippen molar-refractivity contribution in [2.75, 3.05) is 5.75 Å². The minimum Gasteiger partial charge on any atom is -0.379 e. The van der Waals surface area contributed by atoms with Crippen molar-refractivity contribution < 1.29 is 4.39 Å². The fraction of sp³-hybridized carbons (Fsp3) is 0.462. The van der Waals surface area contributed by atoms with E-state index in [0.717, 1.165) is 35.1 Å². The van der Waals surface area contributed by atoms with E-state index in [0.29, 0.717) is 11.1 Å². The van der Waals surface area contributed by atoms with E-state index in [4.69, 9.17) is 10.7 Å². The van der Waals surface area contributed by atoms with Gasteiger partial charge >= 0.3 is 0 Å². The zero-order valence-corrected chi connectivity index (χ0v) is 12.2. The average Bonchev–Trinajstić information content (AvgIpc) is 2.71. The summed E-state index contributed by atoms with van der Waals surface area (Å²) in [6.45, 7) is 0. The number of benzene rings is 1. The summed E-state index contributed by atoms with van der Waals surface area (Å²) in [6.07, 6.45) is 3.25. The fourth-order valence-corrected chi connectivity index (χ4v) is 4.60. The molecule has 1 saturated carbocycles. The summed E-state index contributed by atoms with van der Waals surface area (Å²) in [5.41, 5.74) is 6.56. The van der Waals surface area contributed by atoms with Crippen LogP contribution in [0, 0.1) is 11.7 Å². The molecule has 18 heavy (non-hydrogen) atoms. The molecule has 3 rings (SSSR count). The summed E-state index contributed by atoms with van der Waals surface area (Å²) in [6, 6.07) is 5.07. The van der Waals surface area contributed by atoms with Crippen LogP contribution in [0.4, 0.5) is 4.39 Å². The molecule has 0 radical (unpaired) electrons. The van der Waals surface area contributed by atoms with E-state index >= 15 is 0 Å². The SMILES string of the molecule is NC1=N[C@@]2(c3cc(F)cc(Br)c3)CCC[C@H]2CS1. The Balaban J connectivity index is 2.14. The van der Waals surface area contributed by atoms with E-state index in [1.54, 1.807) is 17.8 Å². The first-order chi connectivity index (χ1) is 8.60. The number of nitrogens with zero attached hydrogens (tertiary/aromatic N) is 1. The van der Waals surface area contributed by atoms with Gasteiger partial charge in [0.2, 0.25) is 0 Å². The molecule has 0 spiro atoms. The van der Waals surface area contributed by atoms with Gasteiger partial charge in [-0.15, -0.1) is 0 Å². The second-order valence-electron chi connectivity index (χ2n) is 4.93. The maximum atomic E-state index is 13.6. The lowest BCUT2D eigenvalue weighted by Crippen LogP contribution is -2.36. The lowest BCUT2D eigenvalue weighted by molar-refractivity contribution is 0.354. The quantitative estimate of drug-likeness (QED) is 0.854. The van der Waals surface area contributed by atoms with Crippen LogP contribution in [0.15, 0.2) is 27.7 Å². The van der Waals surface area contributed by atoms with Crippen molar-refractivity contribution in [3.8, 4) is 0 Å². The smallest absolute Gasteiger partial charge is 0.154 e. The Bertz CT molecular complexity index is 499. The second kappa shape index (κ2) is 4.53. The van der Waals surface area contributed by atoms with Gasteiger partial charge in [0.15, 0.2) is 5.17 Å². The molecule has 0 unspecified atom stereocenters. The van der Waals surface area contributed by atoms with E-state index < -0.39 is 0 Å². The predicted octanol–water partition coefficient (Wildman–Crippen LogP) is 3.65. The molecular formula is C13H14BrFN2S. The topological polar surface area (TPSA) is 38.4 Å². The minimum absolute atomic E-state index is 0.216. The van der Waals surface area contributed by atoms with Crippen molar-refractivity contribution in [2.24, 2.45) is 16.6 Å². The van der Waals surface area contributed by atoms with Crippen molar-refractivity contribution in [3.63, 3.8) is 0 Å². The number of thioether (sulfide) groups is 1. The van der Waals surface area contributed by atoms with Crippen molar-refractivity contribution in [2.45, 2.75) is 24.8 Å². The van der Waals surface area contributed by atoms with E-state index in [2.05, 4.69) is 15.9 Å². The molecule has 0 aromatic heterocycles. The van der Waals surface area contributed by atoms with Gasteiger partial charge in [0.05, 0.1) is 5.54 Å². The number of rotatable bonds is 1. The molecule has 2 atom stereocenters. The van der Waals surface area contributed by atoms with E-state index in [1.165, 1.54) is 6.07 Å². The third-order valence-electron chi connectivity index (χ3n) is 3.89. The van der Waals surface area contributed by atoms with Gasteiger partial charge in [-0.2, -0.15) is 0 Å². The minimum atomic E-state index is -0.292. The van der Waals surface area contributed by atoms with Crippen LogP contribution in [0.5, 0.6) is 0 Å². The van der Waals surface area contributed by atoms with Gasteiger partial charge < -0.3 is 5.73 Å². The Morgan fingerprint density at radius 1 is 1.44 bits per heavy atom. The van der Waals surface area contributed by atoms with Crippen LogP contribution in [0.2, 0.25) is 0 Å². The lowest BCUT2D eigenvalue weighted by atomic mass is 9.81. The maximum absolute atomic E-state index is 13.6. The molecule has 2 nitrogen and oxygen atoms in total. The molecule has 1 aromatic rings. The van der Waals surface area contributed by atoms with Gasteiger partial charge in [-0.05, 0) is 42.5 Å². The monoisotopic (exact) mass is 328 g/mol. The lowest BCUT2D eigenvalue weighted by Gasteiger charge is -2.36. The van der Waals surface area contributed by atoms with Crippen LogP contribution in [-0.4, -0.2) is 10.9 Å². The van der Waals surface area contributed by atoms with E-state index in [1.807, 2.05) is 6.07 Å². The maximum Gasteiger partial charge on any atom is 0.154 e. The molecule has 1 fully saturated rings. The Labute approximate surface area is 118 Å². The van der Waals surface area contributed by atoms with Crippen LogP contribution in [0.1, 0.15) is 24.8 Å². The highest BCUT2D eigenvalue weighted by Gasteiger charge is 2.46. The molecule has 0 saturated heterocycles. The summed E-state index contributed by atoms with van der Waals surface area (Å²) in [4.78, 5) is 4.70. The summed E-state index contributed by atoms with van der Waals surface area (Å²) in [7, 11) is 0. The highest BCUT2D eigenvalue weighted by Crippen LogP contribution is 2.51. The Kier molecular flexibility index (Phi) is 3.14. The molecular weight excluding hydrogens is 315 g/mol. The highest BCUT2D eigenvalue weighted by atomic mass is 79.9. The molecule has 2 aliphatic rings. The van der Waals surface area contributed by atoms with E-state index in [9.17, 15) is 4.39 Å². The third-order valence-corrected chi connectivity index (χ3v) is 5.30. The molecule has 1 aliphatic heterocycles. The van der Waals surface area contributed by atoms with Crippen LogP contribution in [0.3, 0.4) is 0 Å². The zero-order chi connectivity index (χ0) is 12.8. The third kappa shape index (κ3) is 1.97. The normalized spacial score (nSPS) is 31.0. The molecule has 0 amide bonds. The Hall–Kier alpha value is -0.550. The molecule has 5 heteroatoms. The van der Waals surface area contributed by atoms with Gasteiger partial charge in [0.1, 0.15) is 5.82 Å². The molecule has 96 valence electrons. The van der Waals surface area contributed by atoms with Crippen molar-refractivity contribution in [1.82, 2.24) is 0 Å². The first-order valence-electron chi connectivity index (χ1n) is 6.05. The highest BCUT2D eigenvalue weighted by molar-refractivity contribution is 9.10. The van der Waals surface area contributed by atoms with Crippen molar-refractivity contribution in [3.05, 3.63) is 34.1 Å². The number of halogens is 2. The van der Waals surface area contributed by atoms with Gasteiger partial charge in [0.25, 0.3) is 0 Å². The van der Waals surface area contributed by atoms with Crippen molar-refractivity contribution in [1.29, 1.82) is 0 Å². The van der Waals surface area contributed by atoms with Gasteiger partial charge in [-0.25, -0.2) is 4.39 Å². The Morgan fingerprint density at radius 3 is 3.06 bits per heavy atom. The molecule has 1 aliphatic carbocycles. The number of hydrogen-bond acceptors (Lipinski definition) is 3. The second-order valence-corrected chi connectivity index (χ2v) is 6.89. The Morgan fingerprint density at radius 2 is 2.28 bits per heavy atom. The summed E-state index contributed by atoms with van der Waals surface area (Å²) < 4.78 is 14.4. The van der Waals surface area contributed by atoms with Crippen LogP contribution < -0.4 is 5.73 Å². The fourth-order valence-electron chi connectivity index (χ4n) is 3.09. The van der Waals surface area contributed by atoms with Crippen LogP contribution in [0.25, 0.3) is 0 Å². The summed E-state index contributed by atoms with van der Waals surface area (Å²) >= 11 is 4.98. The number of fused-ring (bicyclic) bond motifs is 1. The molecule has 1 aromatic carbocycles. The number of aliphatic imine (C=N–C) groups is 1. The standard InChI is InChI=1S/C13H14BrFN2S/c14-10-4-9(5-11(15)6-10)13-3-1-2-8(13)7-18-12(16)17-13/h4-6,8H,1-3,7H2,(H2,16,17)/t8-,13-/m0/s1. The van der Waals surface area contributed by atoms with Gasteiger partial charge in [0, 0.05) is 10.2 Å². The largest absolute Gasteiger partial charge is 0.379 e. The first kappa shape index (κ1) is 12.5. The van der Waals surface area contributed by atoms with Crippen LogP contribution >= 0.6 is 27.7 Å². The number of nitrogens with two attached hydrogens (primary N) is 1. The summed E-state index contributed by atoms with van der Waals surface area (Å²) in [5, 5.41) is 0.633. The average molecular weight is 329 g/mol. The van der Waals surface area contributed by atoms with E-state index in [-0.39, 0.29) is 11.4 Å². The number of hydrogen-bond donors (Lipinski definition) is 1. The van der Waals surface area contributed by atoms with Crippen LogP contribution in [-0.2, 0) is 5.54 Å². The van der Waals surface area contributed by atoms with Crippen molar-refractivity contribution >= 4 is 32.9 Å².